The molecule has 3 fully saturated rings. The van der Waals surface area contributed by atoms with Gasteiger partial charge < -0.3 is 52.1 Å². The zero-order valence-electron chi connectivity index (χ0n) is 52.7. The monoisotopic (exact) mass is 1150 g/mol. The number of likely N-dealkylation sites (tertiary alicyclic amines) is 2. The van der Waals surface area contributed by atoms with Crippen LogP contribution in [0.4, 0.5) is 19.2 Å². The van der Waals surface area contributed by atoms with Crippen molar-refractivity contribution in [1.29, 1.82) is 0 Å². The Morgan fingerprint density at radius 2 is 0.974 bits per heavy atom. The van der Waals surface area contributed by atoms with Crippen LogP contribution in [0.25, 0.3) is 0 Å². The second-order valence-corrected chi connectivity index (χ2v) is 35.6. The molecule has 6 unspecified atom stereocenters. The molecule has 1 radical (unpaired) electrons. The summed E-state index contributed by atoms with van der Waals surface area (Å²) < 4.78 is 41.1. The van der Waals surface area contributed by atoms with Crippen LogP contribution in [0.3, 0.4) is 0 Å². The third-order valence-electron chi connectivity index (χ3n) is 11.6. The number of hydrogen-bond donors (Lipinski definition) is 1. The van der Waals surface area contributed by atoms with Crippen LogP contribution in [0.5, 0.6) is 0 Å². The summed E-state index contributed by atoms with van der Waals surface area (Å²) in [6.07, 6.45) is 7.86. The van der Waals surface area contributed by atoms with Crippen molar-refractivity contribution in [3.63, 3.8) is 0 Å². The first-order chi connectivity index (χ1) is 35.3. The van der Waals surface area contributed by atoms with Gasteiger partial charge in [0.2, 0.25) is 16.6 Å². The molecule has 5 rings (SSSR count). The van der Waals surface area contributed by atoms with E-state index >= 15 is 0 Å². The molecule has 0 spiro atoms. The van der Waals surface area contributed by atoms with Gasteiger partial charge in [0.05, 0.1) is 17.6 Å². The number of hydrogen-bond acceptors (Lipinski definition) is 15. The number of thiol groups is 1. The molecule has 0 aliphatic carbocycles. The number of carbonyl (C=O) groups is 6. The van der Waals surface area contributed by atoms with Gasteiger partial charge in [-0.05, 0) is 175 Å². The van der Waals surface area contributed by atoms with Crippen LogP contribution in [-0.4, -0.2) is 166 Å². The summed E-state index contributed by atoms with van der Waals surface area (Å²) in [5.41, 5.74) is -1.87. The van der Waals surface area contributed by atoms with E-state index in [1.54, 1.807) is 19.6 Å². The van der Waals surface area contributed by atoms with Crippen molar-refractivity contribution in [2.24, 2.45) is 16.1 Å². The third-order valence-corrected chi connectivity index (χ3v) is 13.4. The van der Waals surface area contributed by atoms with Gasteiger partial charge >= 0.3 is 49.1 Å². The summed E-state index contributed by atoms with van der Waals surface area (Å²) in [6, 6.07) is 0.01000. The first-order valence-corrected chi connectivity index (χ1v) is 35.0. The predicted molar refractivity (Wildman–Crippen MR) is 319 cm³/mol. The van der Waals surface area contributed by atoms with Gasteiger partial charge in [0, 0.05) is 95.0 Å². The van der Waals surface area contributed by atoms with Crippen molar-refractivity contribution in [2.75, 3.05) is 39.4 Å². The minimum atomic E-state index is -1.56. The summed E-state index contributed by atoms with van der Waals surface area (Å²) in [5, 5.41) is 0. The Hall–Kier alpha value is -3.89. The van der Waals surface area contributed by atoms with Gasteiger partial charge in [-0.1, -0.05) is 13.8 Å². The normalized spacial score (nSPS) is 22.9. The van der Waals surface area contributed by atoms with Crippen LogP contribution < -0.4 is 0 Å². The minimum absolute atomic E-state index is 0.0231. The molecular weight excluding hydrogens is 1050 g/mol. The SMILES string of the molecule is C1CCOC1.CC1C(=O)CCN(C(=O)OC(C)(C)C)C1C.CC1C=C(O[Si](C)(C)C)CCN1C(=O)OC(C)(C)C.CC1CC(O[Si](C)(C)C)=CCN1C(=O)OC(C)(C)C.CC1CN(C(=O)OC(C)(C)C)C(C)CC1=O.[B]=NS. The van der Waals surface area contributed by atoms with Gasteiger partial charge in [0.15, 0.2) is 0 Å². The van der Waals surface area contributed by atoms with Crippen LogP contribution in [0, 0.1) is 11.8 Å². The predicted octanol–water partition coefficient (Wildman–Crippen LogP) is 12.9. The number of piperidine rings is 2. The summed E-state index contributed by atoms with van der Waals surface area (Å²) in [6.45, 7) is 51.0. The molecule has 0 bridgehead atoms. The number of ether oxygens (including phenoxy) is 5. The van der Waals surface area contributed by atoms with Crippen molar-refractivity contribution in [3.8, 4) is 0 Å². The summed E-state index contributed by atoms with van der Waals surface area (Å²) >= 11 is 3.19. The van der Waals surface area contributed by atoms with E-state index in [-0.39, 0.29) is 71.9 Å². The summed E-state index contributed by atoms with van der Waals surface area (Å²) in [5.74, 6) is 2.32. The van der Waals surface area contributed by atoms with Crippen LogP contribution >= 0.6 is 12.8 Å². The van der Waals surface area contributed by atoms with Crippen molar-refractivity contribution in [1.82, 2.24) is 19.6 Å². The molecule has 18 nitrogen and oxygen atoms in total. The number of ketones is 2. The fraction of sp³-hybridized carbons (Fsp3) is 0.821. The molecule has 0 aromatic heterocycles. The van der Waals surface area contributed by atoms with E-state index in [0.29, 0.717) is 39.0 Å². The van der Waals surface area contributed by atoms with Gasteiger partial charge in [-0.3, -0.25) is 9.59 Å². The standard InChI is InChI=1S/2C14H27NO3Si.2C12H21NO3.C4H8O.BHNS/c2*1-11-10-12(18-19(5,6)7)8-9-15(11)13(16)17-14(2,3)4;1-8-7-13(9(2)6-10(8)14)11(15)16-12(3,4)5;1-8-9(2)13(7-6-10(8)14)11(15)16-12(3,4)5;1-2-4-5-3-1;1-2-3/h10-11H,8-9H2,1-7H3;8,11H,9-10H2,1-7H3;2*8-9H,6-7H2,1-5H3;1-4H2;3H. The van der Waals surface area contributed by atoms with E-state index < -0.39 is 39.0 Å². The van der Waals surface area contributed by atoms with Gasteiger partial charge in [0.25, 0.3) is 0 Å². The first kappa shape index (κ1) is 74.1. The number of nitrogens with zero attached hydrogens (tertiary/aromatic N) is 5. The summed E-state index contributed by atoms with van der Waals surface area (Å²) in [7, 11) is 1.21. The van der Waals surface area contributed by atoms with E-state index in [4.69, 9.17) is 32.5 Å². The number of rotatable bonds is 4. The molecular formula is C56H105BN5O13SSi2. The fourth-order valence-corrected chi connectivity index (χ4v) is 9.80. The molecule has 22 heteroatoms. The zero-order valence-corrected chi connectivity index (χ0v) is 55.6. The molecule has 5 aliphatic rings. The Bertz CT molecular complexity index is 1940. The van der Waals surface area contributed by atoms with E-state index in [1.807, 2.05) is 137 Å². The van der Waals surface area contributed by atoms with Gasteiger partial charge in [-0.2, -0.15) is 0 Å². The van der Waals surface area contributed by atoms with Crippen LogP contribution in [-0.2, 0) is 42.1 Å². The maximum atomic E-state index is 12.1. The average molecular weight is 1160 g/mol. The Morgan fingerprint density at radius 1 is 0.590 bits per heavy atom. The molecule has 5 heterocycles. The first-order valence-electron chi connectivity index (χ1n) is 27.7. The number of amides is 4. The number of carbonyl (C=O) groups excluding carboxylic acids is 6. The molecule has 0 aromatic rings. The van der Waals surface area contributed by atoms with Gasteiger partial charge in [-0.15, -0.1) is 0 Å². The van der Waals surface area contributed by atoms with Crippen LogP contribution in [0.15, 0.2) is 28.0 Å². The van der Waals surface area contributed by atoms with Crippen molar-refractivity contribution in [2.45, 2.75) is 249 Å². The maximum absolute atomic E-state index is 12.1. The van der Waals surface area contributed by atoms with E-state index in [9.17, 15) is 28.8 Å². The Morgan fingerprint density at radius 3 is 1.36 bits per heavy atom. The van der Waals surface area contributed by atoms with E-state index in [2.05, 4.69) is 64.0 Å². The molecule has 0 N–H and O–H groups in total. The average Bonchev–Trinajstić information content (AvgIpc) is 3.82. The van der Waals surface area contributed by atoms with Crippen molar-refractivity contribution >= 4 is 73.0 Å². The van der Waals surface area contributed by atoms with Gasteiger partial charge in [-0.25, -0.2) is 19.2 Å². The van der Waals surface area contributed by atoms with Crippen molar-refractivity contribution < 1.29 is 61.3 Å². The zero-order chi connectivity index (χ0) is 60.9. The molecule has 449 valence electrons. The molecule has 6 atom stereocenters. The molecule has 78 heavy (non-hydrogen) atoms. The Balaban J connectivity index is 0.000000967. The molecule has 4 amide bonds. The molecule has 0 aromatic carbocycles. The van der Waals surface area contributed by atoms with E-state index in [0.717, 1.165) is 37.6 Å². The van der Waals surface area contributed by atoms with Crippen LogP contribution in [0.1, 0.15) is 163 Å². The fourth-order valence-electron chi connectivity index (χ4n) is 7.89. The van der Waals surface area contributed by atoms with Crippen LogP contribution in [0.2, 0.25) is 39.3 Å². The van der Waals surface area contributed by atoms with E-state index in [1.165, 1.54) is 12.8 Å². The topological polar surface area (TPSA) is 192 Å². The second kappa shape index (κ2) is 32.5. The van der Waals surface area contributed by atoms with Crippen molar-refractivity contribution in [3.05, 3.63) is 23.7 Å². The molecule has 0 saturated carbocycles. The Kier molecular flexibility index (Phi) is 30.9. The number of Topliss-reactive ketones (excluding diaryl/α,β-unsaturated/α-hetero) is 2. The van der Waals surface area contributed by atoms with Gasteiger partial charge in [0.1, 0.15) is 34.0 Å². The molecule has 3 saturated heterocycles. The summed E-state index contributed by atoms with van der Waals surface area (Å²) in [4.78, 5) is 77.6. The quantitative estimate of drug-likeness (QED) is 0.159. The Labute approximate surface area is 480 Å². The third kappa shape index (κ3) is 32.4. The molecule has 5 aliphatic heterocycles. The second-order valence-electron chi connectivity index (χ2n) is 26.5.